The maximum atomic E-state index is 12.9. The maximum absolute atomic E-state index is 12.9. The van der Waals surface area contributed by atoms with Crippen molar-refractivity contribution < 1.29 is 27.5 Å². The minimum absolute atomic E-state index is 0.0214. The number of para-hydroxylation sites is 1. The maximum Gasteiger partial charge on any atom is 0.307 e. The SMILES string of the molecule is CCCCCCCCCCCCCCC(CCC(=O)OC(C(=O)Nc1ccccc1)C(=O)C(C)(C)C)S(N)(=O)=O. The molecule has 0 radical (unpaired) electrons. The molecule has 1 amide bonds. The van der Waals surface area contributed by atoms with Gasteiger partial charge in [0.25, 0.3) is 5.91 Å². The van der Waals surface area contributed by atoms with Gasteiger partial charge in [-0.1, -0.05) is 123 Å². The Balaban J connectivity index is 2.51. The summed E-state index contributed by atoms with van der Waals surface area (Å²) in [6.07, 6.45) is 12.5. The molecule has 2 unspecified atom stereocenters. The molecule has 9 heteroatoms. The highest BCUT2D eigenvalue weighted by atomic mass is 32.2. The van der Waals surface area contributed by atoms with Crippen molar-refractivity contribution in [3.63, 3.8) is 0 Å². The van der Waals surface area contributed by atoms with Crippen molar-refractivity contribution in [1.29, 1.82) is 0 Å². The lowest BCUT2D eigenvalue weighted by Gasteiger charge is -2.24. The Labute approximate surface area is 242 Å². The van der Waals surface area contributed by atoms with Crippen molar-refractivity contribution in [1.82, 2.24) is 0 Å². The highest BCUT2D eigenvalue weighted by molar-refractivity contribution is 7.89. The van der Waals surface area contributed by atoms with Crippen LogP contribution < -0.4 is 10.5 Å². The van der Waals surface area contributed by atoms with E-state index in [0.29, 0.717) is 18.5 Å². The third-order valence-electron chi connectivity index (χ3n) is 7.02. The number of hydrogen-bond acceptors (Lipinski definition) is 6. The van der Waals surface area contributed by atoms with E-state index in [1.807, 2.05) is 0 Å². The summed E-state index contributed by atoms with van der Waals surface area (Å²) >= 11 is 0. The number of Topliss-reactive ketones (excluding diaryl/α,β-unsaturated/α-hetero) is 1. The zero-order chi connectivity index (χ0) is 30.0. The number of benzene rings is 1. The molecule has 0 spiro atoms. The number of ketones is 1. The molecular formula is C31H52N2O6S. The van der Waals surface area contributed by atoms with Gasteiger partial charge in [0.2, 0.25) is 16.1 Å². The molecule has 2 atom stereocenters. The highest BCUT2D eigenvalue weighted by Crippen LogP contribution is 2.22. The van der Waals surface area contributed by atoms with E-state index in [4.69, 9.17) is 9.88 Å². The number of sulfonamides is 1. The van der Waals surface area contributed by atoms with Gasteiger partial charge in [-0.15, -0.1) is 0 Å². The molecule has 0 saturated carbocycles. The lowest BCUT2D eigenvalue weighted by atomic mass is 9.87. The zero-order valence-electron chi connectivity index (χ0n) is 25.1. The molecular weight excluding hydrogens is 528 g/mol. The lowest BCUT2D eigenvalue weighted by Crippen LogP contribution is -2.44. The third kappa shape index (κ3) is 15.5. The molecule has 0 aliphatic carbocycles. The first kappa shape index (κ1) is 35.8. The van der Waals surface area contributed by atoms with Crippen molar-refractivity contribution in [3.8, 4) is 0 Å². The van der Waals surface area contributed by atoms with Crippen LogP contribution in [-0.4, -0.2) is 37.4 Å². The van der Waals surface area contributed by atoms with Gasteiger partial charge in [-0.05, 0) is 25.0 Å². The number of hydrogen-bond donors (Lipinski definition) is 2. The Kier molecular flexibility index (Phi) is 17.0. The molecule has 0 saturated heterocycles. The number of primary sulfonamides is 1. The highest BCUT2D eigenvalue weighted by Gasteiger charge is 2.38. The monoisotopic (exact) mass is 580 g/mol. The number of rotatable bonds is 21. The fraction of sp³-hybridized carbons (Fsp3) is 0.710. The van der Waals surface area contributed by atoms with Crippen molar-refractivity contribution >= 4 is 33.4 Å². The van der Waals surface area contributed by atoms with Gasteiger partial charge in [0.1, 0.15) is 0 Å². The molecule has 0 bridgehead atoms. The van der Waals surface area contributed by atoms with Crippen LogP contribution >= 0.6 is 0 Å². The summed E-state index contributed by atoms with van der Waals surface area (Å²) in [5.41, 5.74) is -0.469. The van der Waals surface area contributed by atoms with Gasteiger partial charge in [0.15, 0.2) is 5.78 Å². The number of ether oxygens (including phenoxy) is 1. The number of amides is 1. The number of unbranched alkanes of at least 4 members (excludes halogenated alkanes) is 11. The summed E-state index contributed by atoms with van der Waals surface area (Å²) in [5.74, 6) is -2.11. The van der Waals surface area contributed by atoms with Crippen LogP contribution in [0.15, 0.2) is 30.3 Å². The summed E-state index contributed by atoms with van der Waals surface area (Å²) in [7, 11) is -3.85. The van der Waals surface area contributed by atoms with Gasteiger partial charge in [-0.2, -0.15) is 0 Å². The van der Waals surface area contributed by atoms with E-state index in [2.05, 4.69) is 12.2 Å². The van der Waals surface area contributed by atoms with Gasteiger partial charge in [0, 0.05) is 17.5 Å². The first-order valence-electron chi connectivity index (χ1n) is 15.0. The van der Waals surface area contributed by atoms with E-state index in [-0.39, 0.29) is 12.8 Å². The molecule has 3 N–H and O–H groups in total. The van der Waals surface area contributed by atoms with Gasteiger partial charge in [-0.25, -0.2) is 13.6 Å². The summed E-state index contributed by atoms with van der Waals surface area (Å²) in [6, 6.07) is 8.56. The Hall–Kier alpha value is -2.26. The summed E-state index contributed by atoms with van der Waals surface area (Å²) in [6.45, 7) is 7.13. The standard InChI is InChI=1S/C31H52N2O6S/c1-5-6-7-8-9-10-11-12-13-14-15-19-22-26(40(32,37)38)23-24-27(34)39-28(29(35)31(2,3)4)30(36)33-25-20-17-16-18-21-25/h16-18,20-21,26,28H,5-15,19,22-24H2,1-4H3,(H,33,36)(H2,32,37,38). The minimum Gasteiger partial charge on any atom is -0.444 e. The number of carbonyl (C=O) groups excluding carboxylic acids is 3. The van der Waals surface area contributed by atoms with E-state index >= 15 is 0 Å². The van der Waals surface area contributed by atoms with Crippen LogP contribution in [0.2, 0.25) is 0 Å². The van der Waals surface area contributed by atoms with Crippen molar-refractivity contribution in [2.75, 3.05) is 5.32 Å². The average Bonchev–Trinajstić information content (AvgIpc) is 2.88. The first-order chi connectivity index (χ1) is 18.9. The molecule has 0 aromatic heterocycles. The third-order valence-corrected chi connectivity index (χ3v) is 8.42. The summed E-state index contributed by atoms with van der Waals surface area (Å²) < 4.78 is 29.6. The second-order valence-electron chi connectivity index (χ2n) is 11.8. The van der Waals surface area contributed by atoms with Crippen LogP contribution in [0.5, 0.6) is 0 Å². The van der Waals surface area contributed by atoms with E-state index < -0.39 is 44.5 Å². The molecule has 0 aliphatic rings. The van der Waals surface area contributed by atoms with Crippen LogP contribution in [-0.2, 0) is 29.1 Å². The predicted octanol–water partition coefficient (Wildman–Crippen LogP) is 6.68. The van der Waals surface area contributed by atoms with E-state index in [9.17, 15) is 22.8 Å². The molecule has 8 nitrogen and oxygen atoms in total. The Bertz CT molecular complexity index is 989. The fourth-order valence-electron chi connectivity index (χ4n) is 4.50. The number of esters is 1. The van der Waals surface area contributed by atoms with Gasteiger partial charge in [-0.3, -0.25) is 14.4 Å². The van der Waals surface area contributed by atoms with Gasteiger partial charge >= 0.3 is 5.97 Å². The van der Waals surface area contributed by atoms with Crippen LogP contribution in [0.1, 0.15) is 124 Å². The zero-order valence-corrected chi connectivity index (χ0v) is 25.9. The van der Waals surface area contributed by atoms with Crippen LogP contribution in [0, 0.1) is 5.41 Å². The smallest absolute Gasteiger partial charge is 0.307 e. The Morgan fingerprint density at radius 1 is 0.825 bits per heavy atom. The molecule has 0 heterocycles. The lowest BCUT2D eigenvalue weighted by molar-refractivity contribution is -0.162. The van der Waals surface area contributed by atoms with Gasteiger partial charge in [0.05, 0.1) is 5.25 Å². The summed E-state index contributed by atoms with van der Waals surface area (Å²) in [5, 5.41) is 7.17. The van der Waals surface area contributed by atoms with Crippen molar-refractivity contribution in [2.45, 2.75) is 135 Å². The molecule has 0 fully saturated rings. The molecule has 40 heavy (non-hydrogen) atoms. The average molecular weight is 581 g/mol. The molecule has 0 aliphatic heterocycles. The topological polar surface area (TPSA) is 133 Å². The number of nitrogens with two attached hydrogens (primary N) is 1. The second kappa shape index (κ2) is 19.0. The molecule has 1 aromatic carbocycles. The molecule has 228 valence electrons. The molecule has 1 rings (SSSR count). The second-order valence-corrected chi connectivity index (χ2v) is 13.6. The first-order valence-corrected chi connectivity index (χ1v) is 16.6. The minimum atomic E-state index is -3.85. The van der Waals surface area contributed by atoms with Crippen LogP contribution in [0.4, 0.5) is 5.69 Å². The van der Waals surface area contributed by atoms with Crippen molar-refractivity contribution in [3.05, 3.63) is 30.3 Å². The van der Waals surface area contributed by atoms with E-state index in [1.165, 1.54) is 51.4 Å². The normalized spacial score (nSPS) is 13.4. The Morgan fingerprint density at radius 2 is 1.32 bits per heavy atom. The quantitative estimate of drug-likeness (QED) is 0.0947. The fourth-order valence-corrected chi connectivity index (χ4v) is 5.45. The number of nitrogens with one attached hydrogen (secondary N) is 1. The number of carbonyl (C=O) groups is 3. The van der Waals surface area contributed by atoms with Crippen LogP contribution in [0.3, 0.4) is 0 Å². The number of anilines is 1. The predicted molar refractivity (Wildman–Crippen MR) is 161 cm³/mol. The van der Waals surface area contributed by atoms with Crippen LogP contribution in [0.25, 0.3) is 0 Å². The van der Waals surface area contributed by atoms with E-state index in [0.717, 1.165) is 19.3 Å². The molecule has 1 aromatic rings. The summed E-state index contributed by atoms with van der Waals surface area (Å²) in [4.78, 5) is 38.4. The van der Waals surface area contributed by atoms with Gasteiger partial charge < -0.3 is 10.1 Å². The van der Waals surface area contributed by atoms with Crippen molar-refractivity contribution in [2.24, 2.45) is 10.6 Å². The Morgan fingerprint density at radius 3 is 1.80 bits per heavy atom. The largest absolute Gasteiger partial charge is 0.444 e. The van der Waals surface area contributed by atoms with E-state index in [1.54, 1.807) is 51.1 Å².